The van der Waals surface area contributed by atoms with Crippen LogP contribution in [0.2, 0.25) is 5.02 Å². The average molecular weight is 310 g/mol. The fourth-order valence-electron chi connectivity index (χ4n) is 3.39. The summed E-state index contributed by atoms with van der Waals surface area (Å²) in [5, 5.41) is 0.861. The van der Waals surface area contributed by atoms with Crippen molar-refractivity contribution in [2.45, 2.75) is 19.5 Å². The lowest BCUT2D eigenvalue weighted by atomic mass is 10.0. The molecular weight excluding hydrogens is 286 g/mol. The number of fused-ring (bicyclic) bond motifs is 1. The summed E-state index contributed by atoms with van der Waals surface area (Å²) in [6, 6.07) is 4.48. The summed E-state index contributed by atoms with van der Waals surface area (Å²) in [6.07, 6.45) is 0. The first-order chi connectivity index (χ1) is 10.2. The van der Waals surface area contributed by atoms with E-state index in [-0.39, 0.29) is 0 Å². The molecule has 1 saturated heterocycles. The maximum Gasteiger partial charge on any atom is 0.0594 e. The van der Waals surface area contributed by atoms with Crippen LogP contribution >= 0.6 is 11.6 Å². The number of hydrogen-bond acceptors (Lipinski definition) is 4. The van der Waals surface area contributed by atoms with Crippen molar-refractivity contribution in [3.8, 4) is 0 Å². The lowest BCUT2D eigenvalue weighted by Crippen LogP contribution is -2.41. The largest absolute Gasteiger partial charge is 0.379 e. The third kappa shape index (κ3) is 3.10. The first-order valence-corrected chi connectivity index (χ1v) is 8.10. The first kappa shape index (κ1) is 15.3. The lowest BCUT2D eigenvalue weighted by molar-refractivity contribution is 0.0314. The van der Waals surface area contributed by atoms with Gasteiger partial charge in [-0.2, -0.15) is 0 Å². The molecule has 0 radical (unpaired) electrons. The minimum atomic E-state index is 0.331. The van der Waals surface area contributed by atoms with Crippen molar-refractivity contribution in [1.82, 2.24) is 9.80 Å². The SMILES string of the molecule is Cc1c(Cl)ccc2c1CN(CCN1CCOCC1)C2CN. The molecule has 1 aromatic rings. The summed E-state index contributed by atoms with van der Waals surface area (Å²) in [4.78, 5) is 4.96. The van der Waals surface area contributed by atoms with Crippen LogP contribution in [0.15, 0.2) is 12.1 Å². The van der Waals surface area contributed by atoms with Crippen LogP contribution in [0.1, 0.15) is 22.7 Å². The minimum absolute atomic E-state index is 0.331. The summed E-state index contributed by atoms with van der Waals surface area (Å²) < 4.78 is 5.40. The van der Waals surface area contributed by atoms with Crippen molar-refractivity contribution in [1.29, 1.82) is 0 Å². The molecule has 3 rings (SSSR count). The maximum absolute atomic E-state index is 6.26. The Morgan fingerprint density at radius 2 is 2.05 bits per heavy atom. The summed E-state index contributed by atoms with van der Waals surface area (Å²) in [7, 11) is 0. The number of rotatable bonds is 4. The molecule has 21 heavy (non-hydrogen) atoms. The Labute approximate surface area is 131 Å². The molecule has 2 heterocycles. The van der Waals surface area contributed by atoms with Crippen LogP contribution in [0.4, 0.5) is 0 Å². The van der Waals surface area contributed by atoms with Gasteiger partial charge in [-0.15, -0.1) is 0 Å². The number of nitrogens with zero attached hydrogens (tertiary/aromatic N) is 2. The van der Waals surface area contributed by atoms with Gasteiger partial charge in [0.1, 0.15) is 0 Å². The van der Waals surface area contributed by atoms with E-state index in [1.54, 1.807) is 0 Å². The van der Waals surface area contributed by atoms with Crippen molar-refractivity contribution in [3.05, 3.63) is 33.8 Å². The van der Waals surface area contributed by atoms with E-state index in [1.165, 1.54) is 16.7 Å². The van der Waals surface area contributed by atoms with Crippen molar-refractivity contribution in [3.63, 3.8) is 0 Å². The Bertz CT molecular complexity index is 503. The third-order valence-electron chi connectivity index (χ3n) is 4.76. The molecule has 0 spiro atoms. The number of benzene rings is 1. The molecule has 2 N–H and O–H groups in total. The van der Waals surface area contributed by atoms with Gasteiger partial charge >= 0.3 is 0 Å². The number of nitrogens with two attached hydrogens (primary N) is 1. The fraction of sp³-hybridized carbons (Fsp3) is 0.625. The van der Waals surface area contributed by atoms with E-state index in [2.05, 4.69) is 22.8 Å². The minimum Gasteiger partial charge on any atom is -0.379 e. The van der Waals surface area contributed by atoms with Crippen molar-refractivity contribution in [2.75, 3.05) is 45.9 Å². The topological polar surface area (TPSA) is 41.7 Å². The molecule has 0 amide bonds. The van der Waals surface area contributed by atoms with Crippen LogP contribution in [0.3, 0.4) is 0 Å². The molecule has 4 nitrogen and oxygen atoms in total. The molecule has 0 aromatic heterocycles. The van der Waals surface area contributed by atoms with Gasteiger partial charge in [0.25, 0.3) is 0 Å². The van der Waals surface area contributed by atoms with E-state index < -0.39 is 0 Å². The van der Waals surface area contributed by atoms with Crippen LogP contribution in [0.5, 0.6) is 0 Å². The van der Waals surface area contributed by atoms with E-state index in [9.17, 15) is 0 Å². The molecule has 1 atom stereocenters. The second-order valence-electron chi connectivity index (χ2n) is 5.92. The Kier molecular flexibility index (Phi) is 4.82. The van der Waals surface area contributed by atoms with Crippen LogP contribution in [0, 0.1) is 6.92 Å². The molecule has 2 aliphatic heterocycles. The highest BCUT2D eigenvalue weighted by Crippen LogP contribution is 2.37. The Hall–Kier alpha value is -0.650. The quantitative estimate of drug-likeness (QED) is 0.921. The van der Waals surface area contributed by atoms with E-state index >= 15 is 0 Å². The smallest absolute Gasteiger partial charge is 0.0594 e. The van der Waals surface area contributed by atoms with Crippen molar-refractivity contribution < 1.29 is 4.74 Å². The van der Waals surface area contributed by atoms with Gasteiger partial charge in [0.05, 0.1) is 13.2 Å². The number of halogens is 1. The Morgan fingerprint density at radius 3 is 2.76 bits per heavy atom. The van der Waals surface area contributed by atoms with E-state index in [0.29, 0.717) is 12.6 Å². The summed E-state index contributed by atoms with van der Waals surface area (Å²) in [5.41, 5.74) is 9.97. The second-order valence-corrected chi connectivity index (χ2v) is 6.32. The van der Waals surface area contributed by atoms with Crippen LogP contribution in [-0.4, -0.2) is 55.7 Å². The van der Waals surface area contributed by atoms with Gasteiger partial charge in [0.15, 0.2) is 0 Å². The summed E-state index contributed by atoms with van der Waals surface area (Å²) >= 11 is 6.26. The van der Waals surface area contributed by atoms with Gasteiger partial charge in [-0.1, -0.05) is 17.7 Å². The van der Waals surface area contributed by atoms with E-state index in [4.69, 9.17) is 22.1 Å². The molecule has 2 aliphatic rings. The van der Waals surface area contributed by atoms with Gasteiger partial charge in [-0.25, -0.2) is 0 Å². The van der Waals surface area contributed by atoms with Gasteiger partial charge in [0.2, 0.25) is 0 Å². The summed E-state index contributed by atoms with van der Waals surface area (Å²) in [5.74, 6) is 0. The normalized spacial score (nSPS) is 23.5. The molecule has 1 fully saturated rings. The standard InChI is InChI=1S/C16H24ClN3O/c1-12-14-11-20(5-4-19-6-8-21-9-7-19)16(10-18)13(14)2-3-15(12)17/h2-3,16H,4-11,18H2,1H3. The number of morpholine rings is 1. The second kappa shape index (κ2) is 6.63. The highest BCUT2D eigenvalue weighted by Gasteiger charge is 2.30. The molecular formula is C16H24ClN3O. The Morgan fingerprint density at radius 1 is 1.29 bits per heavy atom. The Balaban J connectivity index is 1.68. The average Bonchev–Trinajstić information content (AvgIpc) is 2.88. The molecule has 0 aliphatic carbocycles. The number of ether oxygens (including phenoxy) is 1. The molecule has 1 aromatic carbocycles. The van der Waals surface area contributed by atoms with E-state index in [0.717, 1.165) is 51.0 Å². The third-order valence-corrected chi connectivity index (χ3v) is 5.17. The van der Waals surface area contributed by atoms with Crippen molar-refractivity contribution >= 4 is 11.6 Å². The predicted octanol–water partition coefficient (Wildman–Crippen LogP) is 1.80. The van der Waals surface area contributed by atoms with Gasteiger partial charge in [-0.3, -0.25) is 9.80 Å². The molecule has 116 valence electrons. The number of hydrogen-bond donors (Lipinski definition) is 1. The zero-order valence-corrected chi connectivity index (χ0v) is 13.4. The van der Waals surface area contributed by atoms with Crippen molar-refractivity contribution in [2.24, 2.45) is 5.73 Å². The lowest BCUT2D eigenvalue weighted by Gasteiger charge is -2.30. The zero-order valence-electron chi connectivity index (χ0n) is 12.6. The molecule has 0 saturated carbocycles. The first-order valence-electron chi connectivity index (χ1n) is 7.73. The van der Waals surface area contributed by atoms with Gasteiger partial charge in [-0.05, 0) is 29.7 Å². The van der Waals surface area contributed by atoms with E-state index in [1.807, 2.05) is 6.07 Å². The van der Waals surface area contributed by atoms with Gasteiger partial charge < -0.3 is 10.5 Å². The van der Waals surface area contributed by atoms with Gasteiger partial charge in [0, 0.05) is 50.3 Å². The zero-order chi connectivity index (χ0) is 14.8. The van der Waals surface area contributed by atoms with Crippen LogP contribution in [0.25, 0.3) is 0 Å². The van der Waals surface area contributed by atoms with Crippen LogP contribution in [-0.2, 0) is 11.3 Å². The fourth-order valence-corrected chi connectivity index (χ4v) is 3.56. The monoisotopic (exact) mass is 309 g/mol. The van der Waals surface area contributed by atoms with Crippen LogP contribution < -0.4 is 5.73 Å². The molecule has 1 unspecified atom stereocenters. The molecule has 0 bridgehead atoms. The maximum atomic E-state index is 6.26. The highest BCUT2D eigenvalue weighted by atomic mass is 35.5. The summed E-state index contributed by atoms with van der Waals surface area (Å²) in [6.45, 7) is 9.67. The highest BCUT2D eigenvalue weighted by molar-refractivity contribution is 6.31. The predicted molar refractivity (Wildman–Crippen MR) is 85.7 cm³/mol. The molecule has 5 heteroatoms.